The van der Waals surface area contributed by atoms with Crippen LogP contribution in [-0.4, -0.2) is 88.0 Å². The molecular weight excluding hydrogens is 725 g/mol. The number of nitrogens with one attached hydrogen (secondary N) is 2. The van der Waals surface area contributed by atoms with Gasteiger partial charge in [-0.2, -0.15) is 5.26 Å². The number of rotatable bonds is 9. The predicted octanol–water partition coefficient (Wildman–Crippen LogP) is 4.22. The molecule has 0 bridgehead atoms. The second-order valence-corrected chi connectivity index (χ2v) is 17.3. The zero-order valence-corrected chi connectivity index (χ0v) is 32.8. The van der Waals surface area contributed by atoms with E-state index in [9.17, 15) is 34.0 Å². The second-order valence-electron chi connectivity index (χ2n) is 17.3. The Hall–Kier alpha value is -5.87. The zero-order chi connectivity index (χ0) is 40.6. The molecule has 5 aliphatic rings. The van der Waals surface area contributed by atoms with Crippen LogP contribution in [-0.2, 0) is 29.1 Å². The van der Waals surface area contributed by atoms with Gasteiger partial charge in [0, 0.05) is 73.1 Å². The van der Waals surface area contributed by atoms with Gasteiger partial charge in [0.15, 0.2) is 0 Å². The van der Waals surface area contributed by atoms with Crippen LogP contribution in [0.3, 0.4) is 0 Å². The summed E-state index contributed by atoms with van der Waals surface area (Å²) in [6.45, 7) is 13.5. The van der Waals surface area contributed by atoms with Crippen LogP contribution < -0.4 is 15.4 Å². The van der Waals surface area contributed by atoms with Gasteiger partial charge in [-0.1, -0.05) is 34.6 Å². The van der Waals surface area contributed by atoms with Crippen LogP contribution in [0.5, 0.6) is 5.75 Å². The molecule has 2 N–H and O–H groups in total. The van der Waals surface area contributed by atoms with Crippen LogP contribution >= 0.6 is 0 Å². The molecule has 13 heteroatoms. The van der Waals surface area contributed by atoms with Crippen molar-refractivity contribution in [3.05, 3.63) is 99.1 Å². The van der Waals surface area contributed by atoms with Gasteiger partial charge in [-0.25, -0.2) is 0 Å². The molecule has 0 aromatic heterocycles. The quantitative estimate of drug-likeness (QED) is 0.303. The monoisotopic (exact) mass is 770 g/mol. The average Bonchev–Trinajstić information content (AvgIpc) is 3.68. The molecule has 3 aromatic rings. The smallest absolute Gasteiger partial charge is 0.262 e. The van der Waals surface area contributed by atoms with Crippen LogP contribution in [0.15, 0.2) is 54.6 Å². The van der Waals surface area contributed by atoms with Gasteiger partial charge in [-0.3, -0.25) is 43.9 Å². The van der Waals surface area contributed by atoms with Gasteiger partial charge in [0.1, 0.15) is 17.9 Å². The molecular formula is C44H46N6O7. The first-order valence-corrected chi connectivity index (χ1v) is 19.6. The van der Waals surface area contributed by atoms with Crippen molar-refractivity contribution in [2.24, 2.45) is 16.7 Å². The van der Waals surface area contributed by atoms with E-state index < -0.39 is 29.7 Å². The summed E-state index contributed by atoms with van der Waals surface area (Å²) in [5.74, 6) is -1.39. The third kappa shape index (κ3) is 6.45. The van der Waals surface area contributed by atoms with Crippen molar-refractivity contribution >= 4 is 35.4 Å². The Morgan fingerprint density at radius 2 is 1.51 bits per heavy atom. The molecule has 13 nitrogen and oxygen atoms in total. The minimum Gasteiger partial charge on any atom is -0.489 e. The molecule has 2 saturated heterocycles. The first-order valence-electron chi connectivity index (χ1n) is 19.6. The first kappa shape index (κ1) is 38.0. The van der Waals surface area contributed by atoms with Gasteiger partial charge in [0.05, 0.1) is 22.8 Å². The molecule has 57 heavy (non-hydrogen) atoms. The Balaban J connectivity index is 0.821. The lowest BCUT2D eigenvalue weighted by molar-refractivity contribution is -0.164. The molecule has 294 valence electrons. The van der Waals surface area contributed by atoms with E-state index in [2.05, 4.69) is 49.3 Å². The van der Waals surface area contributed by atoms with Crippen molar-refractivity contribution in [2.45, 2.75) is 85.2 Å². The number of likely N-dealkylation sites (tertiary alicyclic amines) is 1. The Kier molecular flexibility index (Phi) is 9.31. The number of piperidine rings is 1. The molecule has 3 fully saturated rings. The van der Waals surface area contributed by atoms with Crippen molar-refractivity contribution in [1.29, 1.82) is 5.26 Å². The zero-order valence-electron chi connectivity index (χ0n) is 32.8. The fourth-order valence-corrected chi connectivity index (χ4v) is 9.93. The number of carbonyl (C=O) groups is 6. The summed E-state index contributed by atoms with van der Waals surface area (Å²) in [7, 11) is 0. The Morgan fingerprint density at radius 3 is 2.09 bits per heavy atom. The molecule has 3 aromatic carbocycles. The predicted molar refractivity (Wildman–Crippen MR) is 207 cm³/mol. The maximum absolute atomic E-state index is 13.5. The Bertz CT molecular complexity index is 2230. The maximum Gasteiger partial charge on any atom is 0.262 e. The van der Waals surface area contributed by atoms with Gasteiger partial charge >= 0.3 is 0 Å². The van der Waals surface area contributed by atoms with Crippen molar-refractivity contribution < 1.29 is 33.5 Å². The first-order chi connectivity index (χ1) is 27.1. The largest absolute Gasteiger partial charge is 0.489 e. The SMILES string of the molecule is CCc1cc(O[C@H]2C(C)(C)[C@H](NC(=O)c3ccc(C(=O)N4CC(CN5Cc6cc7c(cc6C5)C(=O)N(C5CCC(=O)NC5=O)C7=O)C4)cc3)C2(C)C)ccc1C#N. The number of hydrogen-bond acceptors (Lipinski definition) is 9. The molecule has 1 unspecified atom stereocenters. The van der Waals surface area contributed by atoms with E-state index >= 15 is 0 Å². The minimum absolute atomic E-state index is 0.0737. The molecule has 8 rings (SSSR count). The van der Waals surface area contributed by atoms with E-state index in [-0.39, 0.29) is 64.7 Å². The topological polar surface area (TPSA) is 169 Å². The maximum atomic E-state index is 13.5. The van der Waals surface area contributed by atoms with Crippen molar-refractivity contribution in [3.63, 3.8) is 0 Å². The number of hydrogen-bond donors (Lipinski definition) is 2. The second kappa shape index (κ2) is 14.0. The Labute approximate surface area is 331 Å². The molecule has 0 spiro atoms. The minimum atomic E-state index is -0.993. The highest BCUT2D eigenvalue weighted by molar-refractivity contribution is 6.23. The van der Waals surface area contributed by atoms with E-state index in [1.165, 1.54) is 0 Å². The summed E-state index contributed by atoms with van der Waals surface area (Å²) in [6, 6.07) is 16.9. The van der Waals surface area contributed by atoms with Crippen LogP contribution in [0, 0.1) is 28.1 Å². The highest BCUT2D eigenvalue weighted by Gasteiger charge is 2.64. The third-order valence-corrected chi connectivity index (χ3v) is 12.6. The van der Waals surface area contributed by atoms with Crippen LogP contribution in [0.2, 0.25) is 0 Å². The molecule has 6 amide bonds. The van der Waals surface area contributed by atoms with Crippen molar-refractivity contribution in [1.82, 2.24) is 25.3 Å². The summed E-state index contributed by atoms with van der Waals surface area (Å²) < 4.78 is 6.48. The van der Waals surface area contributed by atoms with E-state index in [1.807, 2.05) is 19.1 Å². The number of benzene rings is 3. The molecule has 4 aliphatic heterocycles. The summed E-state index contributed by atoms with van der Waals surface area (Å²) in [5, 5.41) is 14.9. The van der Waals surface area contributed by atoms with Gasteiger partial charge in [0.2, 0.25) is 11.8 Å². The van der Waals surface area contributed by atoms with E-state index in [0.29, 0.717) is 48.6 Å². The van der Waals surface area contributed by atoms with Gasteiger partial charge < -0.3 is 15.0 Å². The Morgan fingerprint density at radius 1 is 0.895 bits per heavy atom. The van der Waals surface area contributed by atoms with E-state index in [0.717, 1.165) is 34.6 Å². The van der Waals surface area contributed by atoms with Crippen molar-refractivity contribution in [3.8, 4) is 11.8 Å². The number of nitrogens with zero attached hydrogens (tertiary/aromatic N) is 4. The summed E-state index contributed by atoms with van der Waals surface area (Å²) in [4.78, 5) is 82.4. The van der Waals surface area contributed by atoms with Crippen LogP contribution in [0.1, 0.15) is 111 Å². The fourth-order valence-electron chi connectivity index (χ4n) is 9.93. The third-order valence-electron chi connectivity index (χ3n) is 12.6. The highest BCUT2D eigenvalue weighted by Crippen LogP contribution is 2.55. The molecule has 1 saturated carbocycles. The van der Waals surface area contributed by atoms with Crippen molar-refractivity contribution in [2.75, 3.05) is 19.6 Å². The lowest BCUT2D eigenvalue weighted by atomic mass is 9.49. The normalized spacial score (nSPS) is 23.5. The van der Waals surface area contributed by atoms with E-state index in [1.54, 1.807) is 47.4 Å². The van der Waals surface area contributed by atoms with Gasteiger partial charge in [0.25, 0.3) is 23.6 Å². The highest BCUT2D eigenvalue weighted by atomic mass is 16.5. The molecule has 0 radical (unpaired) electrons. The summed E-state index contributed by atoms with van der Waals surface area (Å²) >= 11 is 0. The van der Waals surface area contributed by atoms with Crippen LogP contribution in [0.4, 0.5) is 0 Å². The lowest BCUT2D eigenvalue weighted by Gasteiger charge is -2.63. The number of imide groups is 2. The number of nitriles is 1. The molecule has 1 aliphatic carbocycles. The number of carbonyl (C=O) groups excluding carboxylic acids is 6. The van der Waals surface area contributed by atoms with Gasteiger partial charge in [-0.15, -0.1) is 0 Å². The fraction of sp³-hybridized carbons (Fsp3) is 0.432. The molecule has 1 atom stereocenters. The summed E-state index contributed by atoms with van der Waals surface area (Å²) in [6.07, 6.45) is 0.743. The van der Waals surface area contributed by atoms with E-state index in [4.69, 9.17) is 4.74 Å². The number of amides is 6. The molecule has 4 heterocycles. The average molecular weight is 771 g/mol. The van der Waals surface area contributed by atoms with Crippen LogP contribution in [0.25, 0.3) is 0 Å². The number of aryl methyl sites for hydroxylation is 1. The summed E-state index contributed by atoms with van der Waals surface area (Å²) in [5.41, 5.74) is 4.31. The standard InChI is InChI=1S/C44H46N6O7/c1-6-25-15-31(12-11-28(25)18-45)57-42-43(2,3)41(44(42,4)5)47-36(52)26-7-9-27(10-8-26)38(54)49-20-24(21-49)19-48-22-29-16-32-33(17-30(29)23-48)40(56)50(39(32)55)34-13-14-35(51)46-37(34)53/h7-12,15-17,24,34,41-42H,6,13-14,19-23H2,1-5H3,(H,47,52)(H,46,51,53)/t34?,41-,42-. The van der Waals surface area contributed by atoms with Gasteiger partial charge in [-0.05, 0) is 84.1 Å². The number of fused-ring (bicyclic) bond motifs is 2. The number of ether oxygens (including phenoxy) is 1. The lowest BCUT2D eigenvalue weighted by Crippen LogP contribution is -2.74.